The van der Waals surface area contributed by atoms with E-state index in [2.05, 4.69) is 0 Å². The van der Waals surface area contributed by atoms with Crippen molar-refractivity contribution < 1.29 is 9.59 Å². The second-order valence-corrected chi connectivity index (χ2v) is 8.72. The van der Waals surface area contributed by atoms with Crippen molar-refractivity contribution in [1.29, 1.82) is 0 Å². The van der Waals surface area contributed by atoms with E-state index in [1.54, 1.807) is 36.4 Å². The molecule has 0 saturated heterocycles. The number of rotatable bonds is 5. The Labute approximate surface area is 181 Å². The number of Topliss-reactive ketones (excluding diaryl/α,β-unsaturated/α-hetero) is 2. The molecule has 2 aromatic carbocycles. The van der Waals surface area contributed by atoms with Gasteiger partial charge in [0.05, 0.1) is 0 Å². The summed E-state index contributed by atoms with van der Waals surface area (Å²) in [4.78, 5) is 26.0. The molecule has 1 saturated carbocycles. The van der Waals surface area contributed by atoms with Crippen LogP contribution in [0.3, 0.4) is 0 Å². The van der Waals surface area contributed by atoms with E-state index in [9.17, 15) is 9.59 Å². The van der Waals surface area contributed by atoms with Crippen LogP contribution < -0.4 is 0 Å². The summed E-state index contributed by atoms with van der Waals surface area (Å²) in [5, 5.41) is 1.57. The van der Waals surface area contributed by atoms with Gasteiger partial charge in [-0.25, -0.2) is 0 Å². The maximum Gasteiger partial charge on any atom is 0.163 e. The molecule has 1 fully saturated rings. The van der Waals surface area contributed by atoms with Gasteiger partial charge in [0.2, 0.25) is 0 Å². The largest absolute Gasteiger partial charge is 0.299 e. The fourth-order valence-electron chi connectivity index (χ4n) is 4.04. The van der Waals surface area contributed by atoms with Gasteiger partial charge in [0, 0.05) is 45.3 Å². The maximum absolute atomic E-state index is 13.0. The summed E-state index contributed by atoms with van der Waals surface area (Å²) < 4.78 is 0. The Bertz CT molecular complexity index is 863. The van der Waals surface area contributed by atoms with Gasteiger partial charge in [0.15, 0.2) is 5.78 Å². The smallest absolute Gasteiger partial charge is 0.163 e. The highest BCUT2D eigenvalue weighted by Crippen LogP contribution is 2.39. The maximum atomic E-state index is 13.0. The first kappa shape index (κ1) is 21.4. The van der Waals surface area contributed by atoms with Crippen LogP contribution in [0.5, 0.6) is 0 Å². The highest BCUT2D eigenvalue weighted by molar-refractivity contribution is 6.35. The van der Waals surface area contributed by atoms with E-state index >= 15 is 0 Å². The van der Waals surface area contributed by atoms with Crippen molar-refractivity contribution in [3.63, 3.8) is 0 Å². The van der Waals surface area contributed by atoms with Gasteiger partial charge in [0.1, 0.15) is 5.78 Å². The zero-order valence-electron chi connectivity index (χ0n) is 15.6. The lowest BCUT2D eigenvalue weighted by atomic mass is 9.75. The summed E-state index contributed by atoms with van der Waals surface area (Å²) in [5.74, 6) is -0.271. The predicted octanol–water partition coefficient (Wildman–Crippen LogP) is 7.54. The summed E-state index contributed by atoms with van der Waals surface area (Å²) in [6.45, 7) is 0. The van der Waals surface area contributed by atoms with Crippen LogP contribution >= 0.6 is 34.8 Å². The van der Waals surface area contributed by atoms with Crippen LogP contribution in [0.1, 0.15) is 66.8 Å². The molecule has 0 aromatic heterocycles. The Morgan fingerprint density at radius 3 is 2.46 bits per heavy atom. The number of carbonyl (C=O) groups excluding carboxylic acids is 2. The Morgan fingerprint density at radius 1 is 0.964 bits per heavy atom. The lowest BCUT2D eigenvalue weighted by molar-refractivity contribution is -0.124. The van der Waals surface area contributed by atoms with Gasteiger partial charge in [0.25, 0.3) is 0 Å². The molecule has 0 N–H and O–H groups in total. The summed E-state index contributed by atoms with van der Waals surface area (Å²) >= 11 is 18.6. The average molecular weight is 438 g/mol. The van der Waals surface area contributed by atoms with Crippen LogP contribution in [0.25, 0.3) is 0 Å². The van der Waals surface area contributed by atoms with Crippen molar-refractivity contribution in [2.75, 3.05) is 0 Å². The van der Waals surface area contributed by atoms with Crippen molar-refractivity contribution in [2.24, 2.45) is 5.92 Å². The molecule has 148 valence electrons. The molecule has 2 atom stereocenters. The zero-order valence-corrected chi connectivity index (χ0v) is 17.9. The van der Waals surface area contributed by atoms with Crippen molar-refractivity contribution in [3.8, 4) is 0 Å². The number of halogens is 3. The second kappa shape index (κ2) is 9.91. The predicted molar refractivity (Wildman–Crippen MR) is 116 cm³/mol. The van der Waals surface area contributed by atoms with E-state index in [1.165, 1.54) is 0 Å². The third-order valence-corrected chi connectivity index (χ3v) is 6.30. The van der Waals surface area contributed by atoms with E-state index in [0.717, 1.165) is 37.7 Å². The molecule has 0 aliphatic heterocycles. The first-order valence-electron chi connectivity index (χ1n) is 9.72. The van der Waals surface area contributed by atoms with E-state index in [1.807, 2.05) is 6.07 Å². The van der Waals surface area contributed by atoms with Crippen LogP contribution in [0.4, 0.5) is 0 Å². The molecule has 1 aliphatic carbocycles. The number of benzene rings is 2. The van der Waals surface area contributed by atoms with E-state index in [-0.39, 0.29) is 29.8 Å². The fraction of sp³-hybridized carbons (Fsp3) is 0.391. The summed E-state index contributed by atoms with van der Waals surface area (Å²) in [6, 6.07) is 12.2. The van der Waals surface area contributed by atoms with E-state index in [4.69, 9.17) is 34.8 Å². The molecule has 3 rings (SSSR count). The molecule has 2 aromatic rings. The molecular formula is C23H23Cl3O2. The van der Waals surface area contributed by atoms with Gasteiger partial charge in [-0.1, -0.05) is 72.3 Å². The number of ketones is 2. The van der Waals surface area contributed by atoms with Crippen molar-refractivity contribution >= 4 is 46.4 Å². The van der Waals surface area contributed by atoms with Gasteiger partial charge in [-0.05, 0) is 42.7 Å². The molecule has 0 amide bonds. The molecule has 0 unspecified atom stereocenters. The minimum absolute atomic E-state index is 0.0339. The standard InChI is InChI=1S/C23H23Cl3O2/c24-16-7-5-6-15(12-16)23(28)14-20(18-11-10-17(25)13-21(18)26)19-8-3-1-2-4-9-22(19)27/h5-7,10-13,19-20H,1-4,8-9,14H2/t19-,20+/m1/s1. The molecule has 28 heavy (non-hydrogen) atoms. The van der Waals surface area contributed by atoms with Crippen LogP contribution in [-0.4, -0.2) is 11.6 Å². The molecule has 0 bridgehead atoms. The number of carbonyl (C=O) groups is 2. The Morgan fingerprint density at radius 2 is 1.71 bits per heavy atom. The normalized spacial score (nSPS) is 19.0. The fourth-order valence-corrected chi connectivity index (χ4v) is 4.78. The minimum Gasteiger partial charge on any atom is -0.299 e. The topological polar surface area (TPSA) is 34.1 Å². The summed E-state index contributed by atoms with van der Waals surface area (Å²) in [6.07, 6.45) is 5.68. The average Bonchev–Trinajstić information content (AvgIpc) is 2.64. The summed E-state index contributed by atoms with van der Waals surface area (Å²) in [7, 11) is 0. The van der Waals surface area contributed by atoms with Gasteiger partial charge < -0.3 is 0 Å². The first-order valence-corrected chi connectivity index (χ1v) is 10.9. The molecule has 5 heteroatoms. The minimum atomic E-state index is -0.262. The third-order valence-electron chi connectivity index (χ3n) is 5.50. The highest BCUT2D eigenvalue weighted by Gasteiger charge is 2.32. The number of hydrogen-bond donors (Lipinski definition) is 0. The molecule has 1 aliphatic rings. The van der Waals surface area contributed by atoms with Crippen LogP contribution in [0.15, 0.2) is 42.5 Å². The quantitative estimate of drug-likeness (QED) is 0.453. The molecular weight excluding hydrogens is 415 g/mol. The lowest BCUT2D eigenvalue weighted by Gasteiger charge is -2.28. The first-order chi connectivity index (χ1) is 13.5. The van der Waals surface area contributed by atoms with Gasteiger partial charge >= 0.3 is 0 Å². The lowest BCUT2D eigenvalue weighted by Crippen LogP contribution is -2.26. The van der Waals surface area contributed by atoms with Crippen molar-refractivity contribution in [2.45, 2.75) is 50.9 Å². The Kier molecular flexibility index (Phi) is 7.56. The van der Waals surface area contributed by atoms with E-state index in [0.29, 0.717) is 27.1 Å². The van der Waals surface area contributed by atoms with Crippen LogP contribution in [0, 0.1) is 5.92 Å². The molecule has 0 spiro atoms. The monoisotopic (exact) mass is 436 g/mol. The molecule has 0 heterocycles. The molecule has 2 nitrogen and oxygen atoms in total. The highest BCUT2D eigenvalue weighted by atomic mass is 35.5. The van der Waals surface area contributed by atoms with Crippen molar-refractivity contribution in [3.05, 3.63) is 68.7 Å². The zero-order chi connectivity index (χ0) is 20.1. The Hall–Kier alpha value is -1.35. The molecule has 0 radical (unpaired) electrons. The number of hydrogen-bond acceptors (Lipinski definition) is 2. The SMILES string of the molecule is O=C(C[C@@H](c1ccc(Cl)cc1Cl)[C@H]1CCCCCCC1=O)c1cccc(Cl)c1. The van der Waals surface area contributed by atoms with Gasteiger partial charge in [-0.15, -0.1) is 0 Å². The van der Waals surface area contributed by atoms with Crippen molar-refractivity contribution in [1.82, 2.24) is 0 Å². The summed E-state index contributed by atoms with van der Waals surface area (Å²) in [5.41, 5.74) is 1.38. The third kappa shape index (κ3) is 5.37. The van der Waals surface area contributed by atoms with Gasteiger partial charge in [-0.2, -0.15) is 0 Å². The van der Waals surface area contributed by atoms with Gasteiger partial charge in [-0.3, -0.25) is 9.59 Å². The van der Waals surface area contributed by atoms with Crippen LogP contribution in [-0.2, 0) is 4.79 Å². The Balaban J connectivity index is 1.95. The second-order valence-electron chi connectivity index (χ2n) is 7.44. The van der Waals surface area contributed by atoms with E-state index < -0.39 is 0 Å². The van der Waals surface area contributed by atoms with Crippen LogP contribution in [0.2, 0.25) is 15.1 Å².